The fourth-order valence-corrected chi connectivity index (χ4v) is 7.23. The minimum Gasteiger partial charge on any atom is -0.492 e. The van der Waals surface area contributed by atoms with Crippen molar-refractivity contribution >= 4 is 39.3 Å². The Morgan fingerprint density at radius 1 is 0.981 bits per heavy atom. The van der Waals surface area contributed by atoms with E-state index in [4.69, 9.17) is 9.84 Å². The number of hydrogen-bond donors (Lipinski definition) is 4. The molecule has 1 saturated heterocycles. The number of carboxylic acid groups (broad SMARTS) is 1. The predicted molar refractivity (Wildman–Crippen MR) is 188 cm³/mol. The van der Waals surface area contributed by atoms with Gasteiger partial charge in [0.2, 0.25) is 0 Å². The number of ether oxygens (including phenoxy) is 1. The van der Waals surface area contributed by atoms with Crippen LogP contribution in [0.5, 0.6) is 5.75 Å². The number of nitrogens with one attached hydrogen (secondary N) is 1. The van der Waals surface area contributed by atoms with E-state index in [1.807, 2.05) is 24.3 Å². The van der Waals surface area contributed by atoms with Crippen LogP contribution in [0, 0.1) is 5.82 Å². The summed E-state index contributed by atoms with van der Waals surface area (Å²) in [6.07, 6.45) is -6.20. The molecule has 2 heterocycles. The molecule has 1 saturated carbocycles. The molecule has 3 aromatic carbocycles. The molecule has 282 valence electrons. The summed E-state index contributed by atoms with van der Waals surface area (Å²) in [5.41, 5.74) is 2.27. The smallest absolute Gasteiger partial charge is 0.416 e. The number of carboxylic acids is 1. The summed E-state index contributed by atoms with van der Waals surface area (Å²) in [6, 6.07) is 15.4. The fraction of sp³-hybridized carbons (Fsp3) is 0.395. The Morgan fingerprint density at radius 2 is 1.72 bits per heavy atom. The third kappa shape index (κ3) is 9.08. The van der Waals surface area contributed by atoms with Gasteiger partial charge in [0, 0.05) is 43.4 Å². The van der Waals surface area contributed by atoms with Gasteiger partial charge in [-0.15, -0.1) is 0 Å². The summed E-state index contributed by atoms with van der Waals surface area (Å²) in [7, 11) is 0. The summed E-state index contributed by atoms with van der Waals surface area (Å²) in [5, 5.41) is 32.7. The predicted octanol–water partition coefficient (Wildman–Crippen LogP) is 4.94. The van der Waals surface area contributed by atoms with Gasteiger partial charge < -0.3 is 35.2 Å². The first kappa shape index (κ1) is 38.4. The minimum absolute atomic E-state index is 0.0692. The largest absolute Gasteiger partial charge is 0.492 e. The number of carbonyl (C=O) groups excluding carboxylic acids is 2. The number of fused-ring (bicyclic) bond motifs is 2. The Kier molecular flexibility index (Phi) is 11.6. The molecule has 15 heteroatoms. The highest BCUT2D eigenvalue weighted by Gasteiger charge is 2.45. The van der Waals surface area contributed by atoms with Gasteiger partial charge in [-0.05, 0) is 94.6 Å². The Labute approximate surface area is 311 Å². The molecular weight excluding hydrogens is 766 g/mol. The second kappa shape index (κ2) is 16.0. The van der Waals surface area contributed by atoms with Gasteiger partial charge in [0.15, 0.2) is 12.2 Å². The van der Waals surface area contributed by atoms with E-state index in [0.717, 1.165) is 23.3 Å². The maximum atomic E-state index is 14.7. The fourth-order valence-electron chi connectivity index (χ4n) is 6.87. The molecule has 3 aliphatic rings. The lowest BCUT2D eigenvalue weighted by molar-refractivity contribution is -0.163. The van der Waals surface area contributed by atoms with Gasteiger partial charge in [-0.25, -0.2) is 9.18 Å². The quantitative estimate of drug-likeness (QED) is 0.141. The van der Waals surface area contributed by atoms with Crippen LogP contribution in [-0.4, -0.2) is 92.9 Å². The molecule has 3 aromatic rings. The highest BCUT2D eigenvalue weighted by Crippen LogP contribution is 2.38. The van der Waals surface area contributed by atoms with E-state index >= 15 is 0 Å². The Morgan fingerprint density at radius 3 is 2.40 bits per heavy atom. The molecule has 2 bridgehead atoms. The van der Waals surface area contributed by atoms with Crippen LogP contribution >= 0.6 is 15.9 Å². The number of nitrogens with zero attached hydrogens (tertiary/aromatic N) is 2. The van der Waals surface area contributed by atoms with Crippen LogP contribution in [0.2, 0.25) is 0 Å². The van der Waals surface area contributed by atoms with Gasteiger partial charge in [-0.2, -0.15) is 13.2 Å². The van der Waals surface area contributed by atoms with Crippen molar-refractivity contribution in [3.63, 3.8) is 0 Å². The van der Waals surface area contributed by atoms with Gasteiger partial charge in [-0.3, -0.25) is 9.59 Å². The van der Waals surface area contributed by atoms with E-state index in [1.165, 1.54) is 23.1 Å². The summed E-state index contributed by atoms with van der Waals surface area (Å²) in [6.45, 7) is 0.226. The first-order chi connectivity index (χ1) is 25.2. The van der Waals surface area contributed by atoms with Crippen molar-refractivity contribution < 1.29 is 52.0 Å². The molecule has 0 unspecified atom stereocenters. The van der Waals surface area contributed by atoms with E-state index in [9.17, 15) is 42.2 Å². The average Bonchev–Trinajstić information content (AvgIpc) is 3.98. The Bertz CT molecular complexity index is 1890. The first-order valence-electron chi connectivity index (χ1n) is 17.2. The van der Waals surface area contributed by atoms with Gasteiger partial charge in [-0.1, -0.05) is 36.4 Å². The lowest BCUT2D eigenvalue weighted by atomic mass is 9.82. The molecule has 4 N–H and O–H groups in total. The highest BCUT2D eigenvalue weighted by molar-refractivity contribution is 9.10. The lowest BCUT2D eigenvalue weighted by Gasteiger charge is -2.45. The number of rotatable bonds is 13. The van der Waals surface area contributed by atoms with Crippen LogP contribution in [0.4, 0.5) is 17.6 Å². The van der Waals surface area contributed by atoms with Crippen LogP contribution in [0.3, 0.4) is 0 Å². The maximum Gasteiger partial charge on any atom is 0.416 e. The van der Waals surface area contributed by atoms with E-state index in [-0.39, 0.29) is 32.1 Å². The van der Waals surface area contributed by atoms with Crippen molar-refractivity contribution in [3.05, 3.63) is 105 Å². The minimum atomic E-state index is -4.56. The first-order valence-corrected chi connectivity index (χ1v) is 18.0. The van der Waals surface area contributed by atoms with Gasteiger partial charge in [0.1, 0.15) is 11.6 Å². The number of piperazine rings is 1. The van der Waals surface area contributed by atoms with Crippen molar-refractivity contribution in [1.29, 1.82) is 0 Å². The summed E-state index contributed by atoms with van der Waals surface area (Å²) >= 11 is 3.35. The number of aliphatic hydroxyl groups excluding tert-OH is 2. The molecule has 0 aromatic heterocycles. The molecule has 53 heavy (non-hydrogen) atoms. The number of alkyl halides is 3. The molecular formula is C38H38BrF4N3O7. The topological polar surface area (TPSA) is 140 Å². The molecule has 4 atom stereocenters. The molecule has 1 aliphatic carbocycles. The number of halogens is 5. The second-order valence-electron chi connectivity index (χ2n) is 13.6. The monoisotopic (exact) mass is 803 g/mol. The molecule has 2 aliphatic heterocycles. The maximum absolute atomic E-state index is 14.7. The van der Waals surface area contributed by atoms with Crippen molar-refractivity contribution in [3.8, 4) is 5.75 Å². The number of benzene rings is 3. The second-order valence-corrected chi connectivity index (χ2v) is 14.4. The van der Waals surface area contributed by atoms with Crippen molar-refractivity contribution in [2.45, 2.75) is 75.2 Å². The van der Waals surface area contributed by atoms with Crippen LogP contribution in [0.15, 0.2) is 76.8 Å². The molecule has 0 radical (unpaired) electrons. The molecule has 0 spiro atoms. The zero-order valence-corrected chi connectivity index (χ0v) is 29.9. The van der Waals surface area contributed by atoms with Crippen molar-refractivity contribution in [1.82, 2.24) is 15.1 Å². The van der Waals surface area contributed by atoms with Crippen LogP contribution in [0.25, 0.3) is 5.57 Å². The van der Waals surface area contributed by atoms with Crippen LogP contribution in [-0.2, 0) is 33.5 Å². The molecule has 10 nitrogen and oxygen atoms in total. The van der Waals surface area contributed by atoms with Gasteiger partial charge in [0.25, 0.3) is 11.8 Å². The molecule has 2 amide bonds. The van der Waals surface area contributed by atoms with Crippen molar-refractivity contribution in [2.24, 2.45) is 0 Å². The van der Waals surface area contributed by atoms with E-state index in [0.29, 0.717) is 59.2 Å². The van der Waals surface area contributed by atoms with Crippen LogP contribution in [0.1, 0.15) is 47.9 Å². The number of aliphatic hydroxyl groups is 2. The lowest BCUT2D eigenvalue weighted by Crippen LogP contribution is -2.64. The Hall–Kier alpha value is -4.31. The number of hydrogen-bond acceptors (Lipinski definition) is 7. The van der Waals surface area contributed by atoms with Gasteiger partial charge in [0.05, 0.1) is 22.7 Å². The molecule has 2 fully saturated rings. The van der Waals surface area contributed by atoms with E-state index < -0.39 is 59.6 Å². The number of aliphatic carboxylic acids is 1. The van der Waals surface area contributed by atoms with E-state index in [1.54, 1.807) is 17.0 Å². The summed E-state index contributed by atoms with van der Waals surface area (Å²) in [4.78, 5) is 41.9. The normalized spacial score (nSPS) is 19.8. The van der Waals surface area contributed by atoms with E-state index in [2.05, 4.69) is 21.2 Å². The zero-order chi connectivity index (χ0) is 38.0. The SMILES string of the molecule is O=C(O)[C@H](O)[C@H](O)C(=O)N1C[C@H]2CC(c3ccc(CCCOc4cc(F)ccc4Br)cc3)=C(C(=O)N(Cc3cccc(C(F)(F)F)c3)C3CC3)[C@@H](C1)N2. The third-order valence-corrected chi connectivity index (χ3v) is 10.3. The summed E-state index contributed by atoms with van der Waals surface area (Å²) in [5.74, 6) is -3.15. The molecule has 6 rings (SSSR count). The summed E-state index contributed by atoms with van der Waals surface area (Å²) < 4.78 is 60.7. The standard InChI is InChI=1S/C38H38BrF4N3O7/c39-29-13-10-25(40)16-31(29)53-14-2-4-21-6-8-23(9-7-21)28-17-26-19-45(36(50)33(47)34(48)37(51)52)20-30(44-26)32(28)35(49)46(27-11-12-27)18-22-3-1-5-24(15-22)38(41,42)43/h1,3,5-10,13,15-16,26-27,30,33-34,44,47-48H,2,4,11-12,14,17-20H2,(H,51,52)/t26-,30-,33+,34-/m1/s1. The number of aryl methyl sites for hydroxylation is 1. The van der Waals surface area contributed by atoms with Crippen LogP contribution < -0.4 is 10.1 Å². The van der Waals surface area contributed by atoms with Crippen molar-refractivity contribution in [2.75, 3.05) is 19.7 Å². The third-order valence-electron chi connectivity index (χ3n) is 9.67. The highest BCUT2D eigenvalue weighted by atomic mass is 79.9. The van der Waals surface area contributed by atoms with Gasteiger partial charge >= 0.3 is 12.1 Å². The average molecular weight is 805 g/mol. The number of carbonyl (C=O) groups is 3. The Balaban J connectivity index is 1.27. The zero-order valence-electron chi connectivity index (χ0n) is 28.4. The number of amides is 2.